The predicted octanol–water partition coefficient (Wildman–Crippen LogP) is 1.52. The van der Waals surface area contributed by atoms with Gasteiger partial charge in [0.1, 0.15) is 6.33 Å². The highest BCUT2D eigenvalue weighted by Crippen LogP contribution is 2.18. The van der Waals surface area contributed by atoms with Gasteiger partial charge in [0.2, 0.25) is 0 Å². The number of hydrogen-bond acceptors (Lipinski definition) is 3. The monoisotopic (exact) mass is 238 g/mol. The van der Waals surface area contributed by atoms with E-state index in [-0.39, 0.29) is 0 Å². The van der Waals surface area contributed by atoms with Crippen LogP contribution in [0.1, 0.15) is 10.4 Å². The lowest BCUT2D eigenvalue weighted by Gasteiger charge is -2.06. The van der Waals surface area contributed by atoms with E-state index >= 15 is 0 Å². The molecular weight excluding hydrogens is 228 g/mol. The van der Waals surface area contributed by atoms with Gasteiger partial charge in [-0.25, -0.2) is 9.97 Å². The number of fused-ring (bicyclic) bond motifs is 1. The molecule has 0 aliphatic heterocycles. The van der Waals surface area contributed by atoms with Crippen molar-refractivity contribution in [3.8, 4) is 5.82 Å². The van der Waals surface area contributed by atoms with Crippen LogP contribution in [0, 0.1) is 0 Å². The Kier molecular flexibility index (Phi) is 2.30. The van der Waals surface area contributed by atoms with Crippen LogP contribution in [0.25, 0.3) is 16.9 Å². The molecule has 0 aliphatic rings. The number of imidazole rings is 1. The molecule has 3 rings (SSSR count). The zero-order valence-corrected chi connectivity index (χ0v) is 9.45. The lowest BCUT2D eigenvalue weighted by atomic mass is 10.2. The van der Waals surface area contributed by atoms with Gasteiger partial charge in [0.05, 0.1) is 16.6 Å². The summed E-state index contributed by atoms with van der Waals surface area (Å²) in [6.07, 6.45) is 3.26. The van der Waals surface area contributed by atoms with E-state index in [9.17, 15) is 4.79 Å². The largest absolute Gasteiger partial charge is 0.365 e. The Hall–Kier alpha value is -2.69. The number of amides is 1. The molecule has 0 saturated carbocycles. The smallest absolute Gasteiger partial charge is 0.252 e. The van der Waals surface area contributed by atoms with E-state index in [4.69, 9.17) is 5.73 Å². The third kappa shape index (κ3) is 1.53. The Morgan fingerprint density at radius 1 is 1.11 bits per heavy atom. The number of carbonyl (C=O) groups excluding carboxylic acids is 1. The van der Waals surface area contributed by atoms with Gasteiger partial charge in [0.15, 0.2) is 5.82 Å². The summed E-state index contributed by atoms with van der Waals surface area (Å²) in [6, 6.07) is 11.0. The zero-order chi connectivity index (χ0) is 12.5. The average Bonchev–Trinajstić information content (AvgIpc) is 2.82. The lowest BCUT2D eigenvalue weighted by Crippen LogP contribution is -2.15. The highest BCUT2D eigenvalue weighted by atomic mass is 16.1. The molecule has 0 spiro atoms. The van der Waals surface area contributed by atoms with Crippen LogP contribution in [-0.4, -0.2) is 20.4 Å². The number of hydrogen-bond donors (Lipinski definition) is 1. The lowest BCUT2D eigenvalue weighted by molar-refractivity contribution is 0.1000. The summed E-state index contributed by atoms with van der Waals surface area (Å²) in [4.78, 5) is 19.9. The number of primary amides is 1. The Bertz CT molecular complexity index is 732. The minimum atomic E-state index is -0.504. The molecule has 0 atom stereocenters. The quantitative estimate of drug-likeness (QED) is 0.735. The first-order valence-corrected chi connectivity index (χ1v) is 5.44. The van der Waals surface area contributed by atoms with Gasteiger partial charge in [0, 0.05) is 6.20 Å². The van der Waals surface area contributed by atoms with Crippen LogP contribution in [0.15, 0.2) is 48.9 Å². The molecule has 5 heteroatoms. The van der Waals surface area contributed by atoms with Crippen molar-refractivity contribution in [1.82, 2.24) is 14.5 Å². The maximum Gasteiger partial charge on any atom is 0.252 e. The first-order chi connectivity index (χ1) is 8.77. The van der Waals surface area contributed by atoms with Crippen LogP contribution in [-0.2, 0) is 0 Å². The SMILES string of the molecule is NC(=O)c1cccnc1-n1cnc2ccccc21. The van der Waals surface area contributed by atoms with Crippen LogP contribution in [0.2, 0.25) is 0 Å². The summed E-state index contributed by atoms with van der Waals surface area (Å²) < 4.78 is 1.76. The third-order valence-electron chi connectivity index (χ3n) is 2.73. The molecule has 0 saturated heterocycles. The second-order valence-corrected chi connectivity index (χ2v) is 3.84. The summed E-state index contributed by atoms with van der Waals surface area (Å²) in [5, 5.41) is 0. The summed E-state index contributed by atoms with van der Waals surface area (Å²) in [7, 11) is 0. The van der Waals surface area contributed by atoms with Gasteiger partial charge in [0.25, 0.3) is 5.91 Å². The Balaban J connectivity index is 2.30. The van der Waals surface area contributed by atoms with Crippen molar-refractivity contribution in [3.63, 3.8) is 0 Å². The molecule has 3 aromatic rings. The molecule has 0 radical (unpaired) electrons. The van der Waals surface area contributed by atoms with Gasteiger partial charge in [-0.3, -0.25) is 9.36 Å². The van der Waals surface area contributed by atoms with E-state index in [1.807, 2.05) is 24.3 Å². The average molecular weight is 238 g/mol. The number of carbonyl (C=O) groups is 1. The standard InChI is InChI=1S/C13H10N4O/c14-12(18)9-4-3-7-15-13(9)17-8-16-10-5-1-2-6-11(10)17/h1-8H,(H2,14,18). The number of para-hydroxylation sites is 2. The van der Waals surface area contributed by atoms with Gasteiger partial charge in [-0.15, -0.1) is 0 Å². The molecule has 0 unspecified atom stereocenters. The van der Waals surface area contributed by atoms with Crippen molar-refractivity contribution in [2.24, 2.45) is 5.73 Å². The summed E-state index contributed by atoms with van der Waals surface area (Å²) in [5.74, 6) is -0.00502. The van der Waals surface area contributed by atoms with Crippen LogP contribution in [0.5, 0.6) is 0 Å². The van der Waals surface area contributed by atoms with Crippen LogP contribution < -0.4 is 5.73 Å². The normalized spacial score (nSPS) is 10.7. The minimum Gasteiger partial charge on any atom is -0.365 e. The summed E-state index contributed by atoms with van der Waals surface area (Å²) in [5.41, 5.74) is 7.46. The number of aromatic nitrogens is 3. The van der Waals surface area contributed by atoms with Crippen LogP contribution in [0.4, 0.5) is 0 Å². The van der Waals surface area contributed by atoms with E-state index in [2.05, 4.69) is 9.97 Å². The van der Waals surface area contributed by atoms with Crippen molar-refractivity contribution in [2.75, 3.05) is 0 Å². The van der Waals surface area contributed by atoms with Gasteiger partial charge in [-0.05, 0) is 24.3 Å². The molecule has 2 heterocycles. The van der Waals surface area contributed by atoms with Crippen molar-refractivity contribution >= 4 is 16.9 Å². The molecule has 1 aromatic carbocycles. The van der Waals surface area contributed by atoms with Crippen molar-refractivity contribution in [2.45, 2.75) is 0 Å². The topological polar surface area (TPSA) is 73.8 Å². The van der Waals surface area contributed by atoms with Gasteiger partial charge in [-0.1, -0.05) is 12.1 Å². The maximum absolute atomic E-state index is 11.4. The highest BCUT2D eigenvalue weighted by molar-refractivity contribution is 5.96. The molecule has 88 valence electrons. The molecule has 5 nitrogen and oxygen atoms in total. The molecule has 2 N–H and O–H groups in total. The van der Waals surface area contributed by atoms with Gasteiger partial charge >= 0.3 is 0 Å². The Labute approximate surface area is 103 Å². The van der Waals surface area contributed by atoms with Crippen molar-refractivity contribution in [1.29, 1.82) is 0 Å². The molecule has 18 heavy (non-hydrogen) atoms. The summed E-state index contributed by atoms with van der Waals surface area (Å²) in [6.45, 7) is 0. The summed E-state index contributed by atoms with van der Waals surface area (Å²) >= 11 is 0. The predicted molar refractivity (Wildman–Crippen MR) is 67.4 cm³/mol. The molecular formula is C13H10N4O. The molecule has 0 fully saturated rings. The first-order valence-electron chi connectivity index (χ1n) is 5.44. The van der Waals surface area contributed by atoms with E-state index in [1.165, 1.54) is 0 Å². The number of pyridine rings is 1. The van der Waals surface area contributed by atoms with Crippen LogP contribution in [0.3, 0.4) is 0 Å². The first kappa shape index (κ1) is 10.5. The van der Waals surface area contributed by atoms with Crippen molar-refractivity contribution in [3.05, 3.63) is 54.5 Å². The number of nitrogens with two attached hydrogens (primary N) is 1. The minimum absolute atomic E-state index is 0.376. The molecule has 0 bridgehead atoms. The molecule has 1 amide bonds. The van der Waals surface area contributed by atoms with E-state index in [1.54, 1.807) is 29.2 Å². The number of benzene rings is 1. The van der Waals surface area contributed by atoms with Crippen molar-refractivity contribution < 1.29 is 4.79 Å². The molecule has 2 aromatic heterocycles. The third-order valence-corrected chi connectivity index (χ3v) is 2.73. The second kappa shape index (κ2) is 3.96. The van der Waals surface area contributed by atoms with E-state index in [0.717, 1.165) is 11.0 Å². The van der Waals surface area contributed by atoms with E-state index < -0.39 is 5.91 Å². The Morgan fingerprint density at radius 3 is 2.78 bits per heavy atom. The highest BCUT2D eigenvalue weighted by Gasteiger charge is 2.12. The second-order valence-electron chi connectivity index (χ2n) is 3.84. The van der Waals surface area contributed by atoms with E-state index in [0.29, 0.717) is 11.4 Å². The Morgan fingerprint density at radius 2 is 1.94 bits per heavy atom. The fourth-order valence-corrected chi connectivity index (χ4v) is 1.91. The number of nitrogens with zero attached hydrogens (tertiary/aromatic N) is 3. The van der Waals surface area contributed by atoms with Gasteiger partial charge in [-0.2, -0.15) is 0 Å². The zero-order valence-electron chi connectivity index (χ0n) is 9.45. The number of rotatable bonds is 2. The van der Waals surface area contributed by atoms with Crippen LogP contribution >= 0.6 is 0 Å². The molecule has 0 aliphatic carbocycles. The fourth-order valence-electron chi connectivity index (χ4n) is 1.91. The fraction of sp³-hybridized carbons (Fsp3) is 0. The van der Waals surface area contributed by atoms with Gasteiger partial charge < -0.3 is 5.73 Å². The maximum atomic E-state index is 11.4.